The normalized spacial score (nSPS) is 11.0. The molecule has 2 aromatic rings. The van der Waals surface area contributed by atoms with E-state index in [4.69, 9.17) is 9.15 Å². The quantitative estimate of drug-likeness (QED) is 0.750. The number of carbonyl (C=O) groups excluding carboxylic acids is 1. The molecule has 25 heavy (non-hydrogen) atoms. The van der Waals surface area contributed by atoms with Gasteiger partial charge in [-0.1, -0.05) is 6.07 Å². The number of rotatable bonds is 9. The minimum Gasteiger partial charge on any atom is -0.493 e. The second-order valence-corrected chi connectivity index (χ2v) is 5.39. The Bertz CT molecular complexity index is 677. The van der Waals surface area contributed by atoms with Gasteiger partial charge in [-0.2, -0.15) is 8.78 Å². The summed E-state index contributed by atoms with van der Waals surface area (Å²) in [6.45, 7) is -1.96. The van der Waals surface area contributed by atoms with Crippen molar-refractivity contribution in [2.75, 3.05) is 20.7 Å². The Labute approximate surface area is 144 Å². The summed E-state index contributed by atoms with van der Waals surface area (Å²) in [5, 5.41) is 2.77. The molecule has 0 unspecified atom stereocenters. The molecule has 0 saturated heterocycles. The molecule has 0 atom stereocenters. The van der Waals surface area contributed by atoms with Gasteiger partial charge in [0.25, 0.3) is 0 Å². The van der Waals surface area contributed by atoms with E-state index >= 15 is 0 Å². The van der Waals surface area contributed by atoms with Gasteiger partial charge in [-0.25, -0.2) is 0 Å². The molecular formula is C17H20F2N2O4. The third kappa shape index (κ3) is 6.07. The van der Waals surface area contributed by atoms with Gasteiger partial charge in [0, 0.05) is 6.54 Å². The maximum Gasteiger partial charge on any atom is 0.387 e. The minimum absolute atomic E-state index is 0.0502. The van der Waals surface area contributed by atoms with Crippen LogP contribution in [0, 0.1) is 0 Å². The first kappa shape index (κ1) is 18.7. The highest BCUT2D eigenvalue weighted by Crippen LogP contribution is 2.29. The van der Waals surface area contributed by atoms with Crippen molar-refractivity contribution in [3.8, 4) is 11.5 Å². The zero-order valence-corrected chi connectivity index (χ0v) is 14.0. The van der Waals surface area contributed by atoms with Crippen LogP contribution in [0.4, 0.5) is 8.78 Å². The molecule has 0 aliphatic rings. The van der Waals surface area contributed by atoms with E-state index in [1.807, 2.05) is 18.0 Å². The van der Waals surface area contributed by atoms with Crippen molar-refractivity contribution < 1.29 is 27.5 Å². The number of carbonyl (C=O) groups is 1. The number of hydrogen-bond donors (Lipinski definition) is 1. The van der Waals surface area contributed by atoms with Crippen molar-refractivity contribution in [2.45, 2.75) is 19.7 Å². The van der Waals surface area contributed by atoms with E-state index in [-0.39, 0.29) is 30.5 Å². The lowest BCUT2D eigenvalue weighted by atomic mass is 10.2. The number of methoxy groups -OCH3 is 1. The first-order valence-electron chi connectivity index (χ1n) is 7.57. The molecule has 0 bridgehead atoms. The van der Waals surface area contributed by atoms with Gasteiger partial charge in [0.05, 0.1) is 26.5 Å². The molecule has 0 spiro atoms. The average molecular weight is 354 g/mol. The van der Waals surface area contributed by atoms with Crippen LogP contribution in [0.3, 0.4) is 0 Å². The zero-order chi connectivity index (χ0) is 18.2. The predicted octanol–water partition coefficient (Wildman–Crippen LogP) is 2.64. The number of amides is 1. The van der Waals surface area contributed by atoms with Gasteiger partial charge in [-0.15, -0.1) is 0 Å². The highest BCUT2D eigenvalue weighted by Gasteiger charge is 2.12. The fourth-order valence-electron chi connectivity index (χ4n) is 2.24. The molecular weight excluding hydrogens is 334 g/mol. The maximum atomic E-state index is 12.3. The Balaban J connectivity index is 1.84. The molecule has 1 amide bonds. The number of furan rings is 1. The van der Waals surface area contributed by atoms with E-state index in [1.165, 1.54) is 13.2 Å². The van der Waals surface area contributed by atoms with Crippen molar-refractivity contribution in [3.63, 3.8) is 0 Å². The van der Waals surface area contributed by atoms with Crippen molar-refractivity contribution in [2.24, 2.45) is 0 Å². The summed E-state index contributed by atoms with van der Waals surface area (Å²) in [4.78, 5) is 13.8. The summed E-state index contributed by atoms with van der Waals surface area (Å²) in [6.07, 6.45) is 1.58. The zero-order valence-electron chi connectivity index (χ0n) is 14.0. The van der Waals surface area contributed by atoms with E-state index < -0.39 is 6.61 Å². The molecule has 2 rings (SSSR count). The number of benzene rings is 1. The van der Waals surface area contributed by atoms with Crippen molar-refractivity contribution in [1.29, 1.82) is 0 Å². The standard InChI is InChI=1S/C17H20F2N2O4/c1-21(10-13-4-3-7-24-13)11-16(22)20-9-12-5-6-14(25-17(18)19)15(8-12)23-2/h3-8,17H,9-11H2,1-2H3,(H,20,22). The number of alkyl halides is 2. The molecule has 0 saturated carbocycles. The summed E-state index contributed by atoms with van der Waals surface area (Å²) in [5.74, 6) is 0.739. The lowest BCUT2D eigenvalue weighted by molar-refractivity contribution is -0.122. The lowest BCUT2D eigenvalue weighted by Crippen LogP contribution is -2.34. The van der Waals surface area contributed by atoms with Crippen LogP contribution in [-0.4, -0.2) is 38.1 Å². The summed E-state index contributed by atoms with van der Waals surface area (Å²) >= 11 is 0. The minimum atomic E-state index is -2.93. The van der Waals surface area contributed by atoms with Crippen LogP contribution in [0.5, 0.6) is 11.5 Å². The third-order valence-electron chi connectivity index (χ3n) is 3.35. The van der Waals surface area contributed by atoms with Gasteiger partial charge >= 0.3 is 6.61 Å². The predicted molar refractivity (Wildman–Crippen MR) is 86.5 cm³/mol. The highest BCUT2D eigenvalue weighted by molar-refractivity contribution is 5.78. The van der Waals surface area contributed by atoms with Crippen LogP contribution in [-0.2, 0) is 17.9 Å². The van der Waals surface area contributed by atoms with Gasteiger partial charge in [-0.3, -0.25) is 9.69 Å². The van der Waals surface area contributed by atoms with Crippen LogP contribution in [0.1, 0.15) is 11.3 Å². The number of ether oxygens (including phenoxy) is 2. The smallest absolute Gasteiger partial charge is 0.387 e. The van der Waals surface area contributed by atoms with E-state index in [0.29, 0.717) is 12.1 Å². The molecule has 1 aromatic carbocycles. The number of likely N-dealkylation sites (N-methyl/N-ethyl adjacent to an activating group) is 1. The summed E-state index contributed by atoms with van der Waals surface area (Å²) in [5.41, 5.74) is 0.709. The van der Waals surface area contributed by atoms with E-state index in [1.54, 1.807) is 24.5 Å². The van der Waals surface area contributed by atoms with Gasteiger partial charge in [0.15, 0.2) is 11.5 Å². The van der Waals surface area contributed by atoms with Crippen molar-refractivity contribution in [3.05, 3.63) is 47.9 Å². The Morgan fingerprint density at radius 3 is 2.76 bits per heavy atom. The molecule has 0 fully saturated rings. The van der Waals surface area contributed by atoms with Crippen molar-refractivity contribution in [1.82, 2.24) is 10.2 Å². The second kappa shape index (κ2) is 9.03. The fraction of sp³-hybridized carbons (Fsp3) is 0.353. The molecule has 1 aromatic heterocycles. The monoisotopic (exact) mass is 354 g/mol. The molecule has 1 N–H and O–H groups in total. The lowest BCUT2D eigenvalue weighted by Gasteiger charge is -2.15. The summed E-state index contributed by atoms with van der Waals surface area (Å²) < 4.78 is 39.2. The molecule has 0 aliphatic heterocycles. The van der Waals surface area contributed by atoms with Gasteiger partial charge in [-0.05, 0) is 36.9 Å². The van der Waals surface area contributed by atoms with Gasteiger partial charge in [0.1, 0.15) is 5.76 Å². The third-order valence-corrected chi connectivity index (χ3v) is 3.35. The number of nitrogens with one attached hydrogen (secondary N) is 1. The largest absolute Gasteiger partial charge is 0.493 e. The average Bonchev–Trinajstić information content (AvgIpc) is 3.06. The first-order valence-corrected chi connectivity index (χ1v) is 7.57. The topological polar surface area (TPSA) is 63.9 Å². The molecule has 0 radical (unpaired) electrons. The number of nitrogens with zero attached hydrogens (tertiary/aromatic N) is 1. The Morgan fingerprint density at radius 1 is 1.32 bits per heavy atom. The maximum absolute atomic E-state index is 12.3. The second-order valence-electron chi connectivity index (χ2n) is 5.39. The van der Waals surface area contributed by atoms with Crippen LogP contribution < -0.4 is 14.8 Å². The first-order chi connectivity index (χ1) is 12.0. The Hall–Kier alpha value is -2.61. The van der Waals surface area contributed by atoms with E-state index in [2.05, 4.69) is 10.1 Å². The van der Waals surface area contributed by atoms with Crippen LogP contribution in [0.2, 0.25) is 0 Å². The number of halogens is 2. The van der Waals surface area contributed by atoms with E-state index in [0.717, 1.165) is 5.76 Å². The molecule has 6 nitrogen and oxygen atoms in total. The Kier molecular flexibility index (Phi) is 6.76. The van der Waals surface area contributed by atoms with E-state index in [9.17, 15) is 13.6 Å². The van der Waals surface area contributed by atoms with Gasteiger partial charge < -0.3 is 19.2 Å². The molecule has 8 heteroatoms. The SMILES string of the molecule is COc1cc(CNC(=O)CN(C)Cc2ccco2)ccc1OC(F)F. The molecule has 1 heterocycles. The van der Waals surface area contributed by atoms with Crippen LogP contribution in [0.25, 0.3) is 0 Å². The van der Waals surface area contributed by atoms with Crippen LogP contribution >= 0.6 is 0 Å². The highest BCUT2D eigenvalue weighted by atomic mass is 19.3. The number of hydrogen-bond acceptors (Lipinski definition) is 5. The van der Waals surface area contributed by atoms with Gasteiger partial charge in [0.2, 0.25) is 5.91 Å². The van der Waals surface area contributed by atoms with Crippen LogP contribution in [0.15, 0.2) is 41.0 Å². The Morgan fingerprint density at radius 2 is 2.12 bits per heavy atom. The summed E-state index contributed by atoms with van der Waals surface area (Å²) in [7, 11) is 3.17. The molecule has 136 valence electrons. The molecule has 0 aliphatic carbocycles. The van der Waals surface area contributed by atoms with Crippen molar-refractivity contribution >= 4 is 5.91 Å². The fourth-order valence-corrected chi connectivity index (χ4v) is 2.24. The summed E-state index contributed by atoms with van der Waals surface area (Å²) in [6, 6.07) is 8.15.